The summed E-state index contributed by atoms with van der Waals surface area (Å²) in [4.78, 5) is 21.5. The van der Waals surface area contributed by atoms with Crippen molar-refractivity contribution in [3.63, 3.8) is 0 Å². The van der Waals surface area contributed by atoms with E-state index in [-0.39, 0.29) is 24.0 Å². The number of nitro groups is 1. The highest BCUT2D eigenvalue weighted by Crippen LogP contribution is 2.14. The van der Waals surface area contributed by atoms with Crippen molar-refractivity contribution in [1.82, 2.24) is 5.32 Å². The second-order valence-electron chi connectivity index (χ2n) is 3.44. The van der Waals surface area contributed by atoms with Crippen molar-refractivity contribution in [3.8, 4) is 0 Å². The van der Waals surface area contributed by atoms with Crippen molar-refractivity contribution in [2.75, 3.05) is 0 Å². The molecule has 18 heavy (non-hydrogen) atoms. The zero-order valence-corrected chi connectivity index (χ0v) is 11.5. The molecule has 8 heteroatoms. The molecule has 96 valence electrons. The van der Waals surface area contributed by atoms with Crippen LogP contribution in [0.4, 0.5) is 5.69 Å². The lowest BCUT2D eigenvalue weighted by Gasteiger charge is -2.03. The van der Waals surface area contributed by atoms with Gasteiger partial charge in [-0.2, -0.15) is 3.21 Å². The largest absolute Gasteiger partial charge is 0.369 e. The summed E-state index contributed by atoms with van der Waals surface area (Å²) in [6.07, 6.45) is 0.593. The van der Waals surface area contributed by atoms with Crippen LogP contribution < -0.4 is 11.1 Å². The zero-order valence-electron chi connectivity index (χ0n) is 9.30. The minimum atomic E-state index is -0.468. The molecule has 0 saturated carbocycles. The molecular formula is C10H11IN4O3. The van der Waals surface area contributed by atoms with Gasteiger partial charge < -0.3 is 5.73 Å². The first-order chi connectivity index (χ1) is 8.52. The van der Waals surface area contributed by atoms with Crippen LogP contribution >= 0.6 is 22.9 Å². The first-order valence-electron chi connectivity index (χ1n) is 5.00. The zero-order chi connectivity index (χ0) is 13.5. The lowest BCUT2D eigenvalue weighted by atomic mass is 10.1. The molecule has 0 saturated heterocycles. The fourth-order valence-corrected chi connectivity index (χ4v) is 1.43. The van der Waals surface area contributed by atoms with Crippen molar-refractivity contribution >= 4 is 40.4 Å². The normalized spacial score (nSPS) is 11.1. The van der Waals surface area contributed by atoms with Crippen molar-refractivity contribution < 1.29 is 9.72 Å². The van der Waals surface area contributed by atoms with Gasteiger partial charge in [-0.25, -0.2) is 0 Å². The van der Waals surface area contributed by atoms with Crippen LogP contribution in [-0.2, 0) is 11.2 Å². The molecule has 3 N–H and O–H groups in total. The average Bonchev–Trinajstić information content (AvgIpc) is 2.36. The summed E-state index contributed by atoms with van der Waals surface area (Å²) < 4.78 is 3.56. The molecule has 0 spiro atoms. The standard InChI is InChI=1S/C10H11IN4O3/c11-14-10(12)13-9(16)5-4-7-2-1-3-8(6-7)15(17)18/h1-3,6H,4-5H2,(H3,12,13,14,16). The predicted octanol–water partition coefficient (Wildman–Crippen LogP) is 1.31. The molecule has 0 bridgehead atoms. The molecule has 0 aliphatic heterocycles. The van der Waals surface area contributed by atoms with Crippen LogP contribution in [0, 0.1) is 10.1 Å². The third-order valence-corrected chi connectivity index (χ3v) is 2.64. The predicted molar refractivity (Wildman–Crippen MR) is 75.2 cm³/mol. The summed E-state index contributed by atoms with van der Waals surface area (Å²) in [6, 6.07) is 6.18. The summed E-state index contributed by atoms with van der Waals surface area (Å²) in [5.41, 5.74) is 6.07. The number of halogens is 1. The summed E-state index contributed by atoms with van der Waals surface area (Å²) in [7, 11) is 0. The summed E-state index contributed by atoms with van der Waals surface area (Å²) in [6.45, 7) is 0. The van der Waals surface area contributed by atoms with Crippen LogP contribution in [0.25, 0.3) is 0 Å². The summed E-state index contributed by atoms with van der Waals surface area (Å²) in [5.74, 6) is -0.237. The molecule has 1 aromatic rings. The lowest BCUT2D eigenvalue weighted by molar-refractivity contribution is -0.384. The fourth-order valence-electron chi connectivity index (χ4n) is 1.31. The number of nitrogens with two attached hydrogens (primary N) is 1. The number of guanidine groups is 1. The molecule has 1 amide bonds. The first kappa shape index (κ1) is 14.4. The molecule has 0 atom stereocenters. The molecule has 0 unspecified atom stereocenters. The number of benzene rings is 1. The number of aryl methyl sites for hydroxylation is 1. The molecule has 0 aliphatic rings. The number of non-ortho nitro benzene ring substituents is 1. The Hall–Kier alpha value is -1.71. The van der Waals surface area contributed by atoms with E-state index in [1.807, 2.05) is 0 Å². The number of nitro benzene ring substituents is 1. The minimum Gasteiger partial charge on any atom is -0.369 e. The van der Waals surface area contributed by atoms with Crippen LogP contribution in [0.2, 0.25) is 0 Å². The highest BCUT2D eigenvalue weighted by molar-refractivity contribution is 14.1. The number of nitrogens with zero attached hydrogens (tertiary/aromatic N) is 2. The number of hydrogen-bond acceptors (Lipinski definition) is 4. The van der Waals surface area contributed by atoms with Gasteiger partial charge >= 0.3 is 0 Å². The van der Waals surface area contributed by atoms with Gasteiger partial charge in [0.25, 0.3) is 5.69 Å². The van der Waals surface area contributed by atoms with Gasteiger partial charge in [-0.05, 0) is 12.0 Å². The molecular weight excluding hydrogens is 351 g/mol. The van der Waals surface area contributed by atoms with Crippen LogP contribution in [0.3, 0.4) is 0 Å². The van der Waals surface area contributed by atoms with Gasteiger partial charge in [-0.3, -0.25) is 20.2 Å². The second kappa shape index (κ2) is 6.89. The van der Waals surface area contributed by atoms with Gasteiger partial charge in [-0.1, -0.05) is 12.1 Å². The van der Waals surface area contributed by atoms with E-state index >= 15 is 0 Å². The topological polar surface area (TPSA) is 111 Å². The van der Waals surface area contributed by atoms with Crippen LogP contribution in [0.15, 0.2) is 27.5 Å². The van der Waals surface area contributed by atoms with E-state index in [4.69, 9.17) is 5.73 Å². The van der Waals surface area contributed by atoms with Crippen LogP contribution in [-0.4, -0.2) is 16.8 Å². The number of carbonyl (C=O) groups is 1. The number of nitrogens with one attached hydrogen (secondary N) is 1. The van der Waals surface area contributed by atoms with Crippen molar-refractivity contribution in [2.24, 2.45) is 8.94 Å². The van der Waals surface area contributed by atoms with Gasteiger partial charge in [0.05, 0.1) is 27.8 Å². The highest BCUT2D eigenvalue weighted by atomic mass is 127. The Morgan fingerprint density at radius 3 is 2.89 bits per heavy atom. The summed E-state index contributed by atoms with van der Waals surface area (Å²) in [5, 5.41) is 13.0. The Kier molecular flexibility index (Phi) is 5.49. The van der Waals surface area contributed by atoms with Gasteiger partial charge in [0.2, 0.25) is 11.9 Å². The van der Waals surface area contributed by atoms with Gasteiger partial charge in [0.15, 0.2) is 0 Å². The monoisotopic (exact) mass is 362 g/mol. The first-order valence-corrected chi connectivity index (χ1v) is 5.97. The van der Waals surface area contributed by atoms with E-state index in [2.05, 4.69) is 8.52 Å². The average molecular weight is 362 g/mol. The third kappa shape index (κ3) is 4.65. The van der Waals surface area contributed by atoms with E-state index in [1.54, 1.807) is 35.0 Å². The Balaban J connectivity index is 2.56. The minimum absolute atomic E-state index is 0.0150. The second-order valence-corrected chi connectivity index (χ2v) is 3.93. The van der Waals surface area contributed by atoms with E-state index in [1.165, 1.54) is 12.1 Å². The third-order valence-electron chi connectivity index (χ3n) is 2.12. The Morgan fingerprint density at radius 1 is 1.56 bits per heavy atom. The maximum atomic E-state index is 11.4. The van der Waals surface area contributed by atoms with E-state index < -0.39 is 4.92 Å². The van der Waals surface area contributed by atoms with Gasteiger partial charge in [0.1, 0.15) is 0 Å². The van der Waals surface area contributed by atoms with E-state index in [0.717, 1.165) is 5.56 Å². The van der Waals surface area contributed by atoms with Crippen molar-refractivity contribution in [3.05, 3.63) is 39.9 Å². The number of rotatable bonds is 4. The van der Waals surface area contributed by atoms with Gasteiger partial charge in [-0.15, -0.1) is 0 Å². The van der Waals surface area contributed by atoms with Crippen molar-refractivity contribution in [2.45, 2.75) is 12.8 Å². The molecule has 0 aliphatic carbocycles. The number of carbonyl (C=O) groups excluding carboxylic acids is 1. The highest BCUT2D eigenvalue weighted by Gasteiger charge is 2.08. The van der Waals surface area contributed by atoms with E-state index in [0.29, 0.717) is 6.42 Å². The molecule has 0 fully saturated rings. The molecule has 0 radical (unpaired) electrons. The van der Waals surface area contributed by atoms with Gasteiger partial charge in [0, 0.05) is 18.6 Å². The lowest BCUT2D eigenvalue weighted by Crippen LogP contribution is -2.36. The molecule has 1 aromatic carbocycles. The number of hydrogen-bond donors (Lipinski definition) is 2. The molecule has 0 heterocycles. The molecule has 7 nitrogen and oxygen atoms in total. The molecule has 0 aromatic heterocycles. The Labute approximate surface area is 117 Å². The van der Waals surface area contributed by atoms with E-state index in [9.17, 15) is 14.9 Å². The Bertz CT molecular complexity index is 490. The maximum absolute atomic E-state index is 11.4. The SMILES string of the molecule is NC(=NI)NC(=O)CCc1cccc([N+](=O)[O-])c1. The summed E-state index contributed by atoms with van der Waals surface area (Å²) >= 11 is 1.67. The van der Waals surface area contributed by atoms with Crippen molar-refractivity contribution in [1.29, 1.82) is 0 Å². The Morgan fingerprint density at radius 2 is 2.28 bits per heavy atom. The maximum Gasteiger partial charge on any atom is 0.269 e. The van der Waals surface area contributed by atoms with Crippen LogP contribution in [0.5, 0.6) is 0 Å². The van der Waals surface area contributed by atoms with Crippen LogP contribution in [0.1, 0.15) is 12.0 Å². The number of amides is 1. The molecule has 1 rings (SSSR count). The smallest absolute Gasteiger partial charge is 0.269 e. The quantitative estimate of drug-likeness (QED) is 0.277. The fraction of sp³-hybridized carbons (Fsp3) is 0.200.